The molecule has 31 heavy (non-hydrogen) atoms. The Morgan fingerprint density at radius 1 is 1.10 bits per heavy atom. The Labute approximate surface area is 187 Å². The summed E-state index contributed by atoms with van der Waals surface area (Å²) in [6.07, 6.45) is 1.08. The summed E-state index contributed by atoms with van der Waals surface area (Å²) in [5, 5.41) is 3.97. The van der Waals surface area contributed by atoms with Crippen molar-refractivity contribution in [2.24, 2.45) is 5.92 Å². The quantitative estimate of drug-likeness (QED) is 0.650. The SMILES string of the molecule is C=C1NC2=C(C(=O)CC(c3ccc(Cl)cc3)C2)C(c2ccc(C)cc2)C1C(=O)OCC. The number of allylic oxidation sites excluding steroid dienone is 2. The first kappa shape index (κ1) is 21.4. The highest BCUT2D eigenvalue weighted by Crippen LogP contribution is 2.47. The molecule has 0 saturated carbocycles. The molecule has 0 saturated heterocycles. The number of benzene rings is 2. The Kier molecular flexibility index (Phi) is 6.01. The number of Topliss-reactive ketones (excluding diaryl/α,β-unsaturated/α-hetero) is 1. The average Bonchev–Trinajstić information content (AvgIpc) is 2.74. The summed E-state index contributed by atoms with van der Waals surface area (Å²) in [6, 6.07) is 15.7. The molecule has 2 aromatic rings. The van der Waals surface area contributed by atoms with Gasteiger partial charge < -0.3 is 10.1 Å². The van der Waals surface area contributed by atoms with E-state index in [1.807, 2.05) is 55.5 Å². The highest BCUT2D eigenvalue weighted by Gasteiger charge is 2.45. The summed E-state index contributed by atoms with van der Waals surface area (Å²) in [7, 11) is 0. The Morgan fingerprint density at radius 3 is 2.39 bits per heavy atom. The minimum atomic E-state index is -0.641. The van der Waals surface area contributed by atoms with Crippen molar-refractivity contribution >= 4 is 23.4 Å². The molecule has 160 valence electrons. The van der Waals surface area contributed by atoms with Crippen LogP contribution in [0.15, 0.2) is 72.1 Å². The van der Waals surface area contributed by atoms with Gasteiger partial charge in [0.15, 0.2) is 5.78 Å². The van der Waals surface area contributed by atoms with Gasteiger partial charge in [0.25, 0.3) is 0 Å². The normalized spacial score (nSPS) is 23.3. The van der Waals surface area contributed by atoms with E-state index >= 15 is 0 Å². The molecule has 1 aliphatic carbocycles. The number of nitrogens with one attached hydrogen (secondary N) is 1. The van der Waals surface area contributed by atoms with E-state index in [0.717, 1.165) is 22.4 Å². The van der Waals surface area contributed by atoms with Crippen LogP contribution >= 0.6 is 11.6 Å². The molecule has 1 heterocycles. The maximum absolute atomic E-state index is 13.5. The molecule has 1 N–H and O–H groups in total. The van der Waals surface area contributed by atoms with E-state index in [1.165, 1.54) is 0 Å². The molecule has 0 amide bonds. The molecule has 0 radical (unpaired) electrons. The van der Waals surface area contributed by atoms with Gasteiger partial charge in [0.1, 0.15) is 5.92 Å². The lowest BCUT2D eigenvalue weighted by Gasteiger charge is -2.40. The van der Waals surface area contributed by atoms with Gasteiger partial charge in [0.2, 0.25) is 0 Å². The summed E-state index contributed by atoms with van der Waals surface area (Å²) in [5.41, 5.74) is 5.24. The standard InChI is InChI=1S/C26H26ClNO3/c1-4-31-26(30)23-16(3)28-21-13-19(17-9-11-20(27)12-10-17)14-22(29)25(21)24(23)18-7-5-15(2)6-8-18/h5-12,19,23-24,28H,3-4,13-14H2,1-2H3. The highest BCUT2D eigenvalue weighted by atomic mass is 35.5. The minimum Gasteiger partial charge on any atom is -0.465 e. The average molecular weight is 436 g/mol. The number of carbonyl (C=O) groups is 2. The van der Waals surface area contributed by atoms with E-state index in [4.69, 9.17) is 16.3 Å². The molecule has 0 bridgehead atoms. The summed E-state index contributed by atoms with van der Waals surface area (Å²) >= 11 is 6.03. The molecule has 1 aliphatic heterocycles. The largest absolute Gasteiger partial charge is 0.465 e. The Bertz CT molecular complexity index is 1050. The van der Waals surface area contributed by atoms with Crippen LogP contribution < -0.4 is 5.32 Å². The number of ketones is 1. The molecule has 0 fully saturated rings. The van der Waals surface area contributed by atoms with Crippen LogP contribution in [0, 0.1) is 12.8 Å². The van der Waals surface area contributed by atoms with Gasteiger partial charge in [0.05, 0.1) is 6.61 Å². The summed E-state index contributed by atoms with van der Waals surface area (Å²) in [4.78, 5) is 26.3. The second kappa shape index (κ2) is 8.72. The van der Waals surface area contributed by atoms with E-state index in [-0.39, 0.29) is 24.3 Å². The summed E-state index contributed by atoms with van der Waals surface area (Å²) in [5.74, 6) is -1.29. The van der Waals surface area contributed by atoms with Crippen LogP contribution in [-0.2, 0) is 14.3 Å². The number of hydrogen-bond donors (Lipinski definition) is 1. The number of carbonyl (C=O) groups excluding carboxylic acids is 2. The smallest absolute Gasteiger partial charge is 0.315 e. The summed E-state index contributed by atoms with van der Waals surface area (Å²) in [6.45, 7) is 8.22. The van der Waals surface area contributed by atoms with Crippen molar-refractivity contribution in [3.8, 4) is 0 Å². The third-order valence-electron chi connectivity index (χ3n) is 6.16. The molecular weight excluding hydrogens is 410 g/mol. The van der Waals surface area contributed by atoms with Crippen molar-refractivity contribution in [3.63, 3.8) is 0 Å². The second-order valence-corrected chi connectivity index (χ2v) is 8.68. The Hall–Kier alpha value is -2.85. The first-order valence-corrected chi connectivity index (χ1v) is 11.0. The number of aryl methyl sites for hydroxylation is 1. The van der Waals surface area contributed by atoms with Gasteiger partial charge in [-0.15, -0.1) is 0 Å². The van der Waals surface area contributed by atoms with Crippen LogP contribution in [0.25, 0.3) is 0 Å². The molecule has 0 spiro atoms. The zero-order valence-electron chi connectivity index (χ0n) is 17.8. The van der Waals surface area contributed by atoms with Gasteiger partial charge in [-0.3, -0.25) is 9.59 Å². The van der Waals surface area contributed by atoms with E-state index in [0.29, 0.717) is 29.1 Å². The number of esters is 1. The lowest BCUT2D eigenvalue weighted by Crippen LogP contribution is -2.42. The van der Waals surface area contributed by atoms with E-state index in [2.05, 4.69) is 11.9 Å². The first-order valence-electron chi connectivity index (χ1n) is 10.6. The zero-order valence-corrected chi connectivity index (χ0v) is 18.5. The van der Waals surface area contributed by atoms with E-state index in [1.54, 1.807) is 6.92 Å². The fraction of sp³-hybridized carbons (Fsp3) is 0.308. The number of halogens is 1. The molecule has 2 aliphatic rings. The molecule has 5 heteroatoms. The van der Waals surface area contributed by atoms with Gasteiger partial charge in [-0.05, 0) is 49.4 Å². The van der Waals surface area contributed by atoms with Crippen LogP contribution in [0.2, 0.25) is 5.02 Å². The van der Waals surface area contributed by atoms with E-state index in [9.17, 15) is 9.59 Å². The third kappa shape index (κ3) is 4.17. The predicted molar refractivity (Wildman–Crippen MR) is 122 cm³/mol. The fourth-order valence-corrected chi connectivity index (χ4v) is 4.79. The Morgan fingerprint density at radius 2 is 1.74 bits per heavy atom. The van der Waals surface area contributed by atoms with Crippen molar-refractivity contribution in [1.29, 1.82) is 0 Å². The molecule has 3 unspecified atom stereocenters. The zero-order chi connectivity index (χ0) is 22.1. The maximum Gasteiger partial charge on any atom is 0.315 e. The third-order valence-corrected chi connectivity index (χ3v) is 6.41. The summed E-state index contributed by atoms with van der Waals surface area (Å²) < 4.78 is 5.36. The molecular formula is C26H26ClNO3. The van der Waals surface area contributed by atoms with E-state index < -0.39 is 11.8 Å². The van der Waals surface area contributed by atoms with Crippen LogP contribution in [0.3, 0.4) is 0 Å². The van der Waals surface area contributed by atoms with Crippen LogP contribution in [0.1, 0.15) is 48.3 Å². The lowest BCUT2D eigenvalue weighted by molar-refractivity contribution is -0.147. The lowest BCUT2D eigenvalue weighted by atomic mass is 9.69. The topological polar surface area (TPSA) is 55.4 Å². The monoisotopic (exact) mass is 435 g/mol. The van der Waals surface area contributed by atoms with Crippen molar-refractivity contribution < 1.29 is 14.3 Å². The number of hydrogen-bond acceptors (Lipinski definition) is 4. The van der Waals surface area contributed by atoms with Crippen LogP contribution in [0.5, 0.6) is 0 Å². The molecule has 0 aromatic heterocycles. The molecule has 4 rings (SSSR count). The maximum atomic E-state index is 13.5. The molecule has 3 atom stereocenters. The predicted octanol–water partition coefficient (Wildman–Crippen LogP) is 5.43. The fourth-order valence-electron chi connectivity index (χ4n) is 4.66. The Balaban J connectivity index is 1.78. The van der Waals surface area contributed by atoms with Crippen molar-refractivity contribution in [2.75, 3.05) is 6.61 Å². The minimum absolute atomic E-state index is 0.0565. The van der Waals surface area contributed by atoms with Gasteiger partial charge in [0, 0.05) is 34.3 Å². The van der Waals surface area contributed by atoms with Gasteiger partial charge in [-0.25, -0.2) is 0 Å². The number of ether oxygens (including phenoxy) is 1. The van der Waals surface area contributed by atoms with Gasteiger partial charge in [-0.1, -0.05) is 60.1 Å². The molecule has 4 nitrogen and oxygen atoms in total. The van der Waals surface area contributed by atoms with Crippen molar-refractivity contribution in [1.82, 2.24) is 5.32 Å². The highest BCUT2D eigenvalue weighted by molar-refractivity contribution is 6.30. The second-order valence-electron chi connectivity index (χ2n) is 8.24. The van der Waals surface area contributed by atoms with Gasteiger partial charge >= 0.3 is 5.97 Å². The molecule has 2 aromatic carbocycles. The number of rotatable bonds is 4. The van der Waals surface area contributed by atoms with Crippen LogP contribution in [0.4, 0.5) is 0 Å². The van der Waals surface area contributed by atoms with Crippen LogP contribution in [-0.4, -0.2) is 18.4 Å². The van der Waals surface area contributed by atoms with Crippen molar-refractivity contribution in [2.45, 2.75) is 38.5 Å². The first-order chi connectivity index (χ1) is 14.9. The van der Waals surface area contributed by atoms with Crippen molar-refractivity contribution in [3.05, 3.63) is 93.8 Å². The van der Waals surface area contributed by atoms with Gasteiger partial charge in [-0.2, -0.15) is 0 Å².